The molecule has 0 atom stereocenters. The van der Waals surface area contributed by atoms with E-state index in [4.69, 9.17) is 0 Å². The van der Waals surface area contributed by atoms with Gasteiger partial charge in [-0.05, 0) is 30.5 Å². The second-order valence-corrected chi connectivity index (χ2v) is 7.41. The lowest BCUT2D eigenvalue weighted by atomic mass is 10.2. The van der Waals surface area contributed by atoms with E-state index in [2.05, 4.69) is 15.6 Å². The van der Waals surface area contributed by atoms with Crippen molar-refractivity contribution in [3.8, 4) is 10.6 Å². The number of nitrogens with zero attached hydrogens (tertiary/aromatic N) is 1. The standard InChI is InChI=1S/C21H19N3O2S/c25-19(15-8-9-15)23-17-10-6-14(7-11-17)12-22-20(26)18-13-27-21(24-18)16-4-2-1-3-5-16/h1-7,10-11,13,15H,8-9,12H2,(H,22,26)(H,23,25). The van der Waals surface area contributed by atoms with Crippen LogP contribution in [-0.4, -0.2) is 16.8 Å². The molecule has 1 heterocycles. The van der Waals surface area contributed by atoms with Crippen molar-refractivity contribution in [2.24, 2.45) is 5.92 Å². The van der Waals surface area contributed by atoms with Crippen LogP contribution in [0.3, 0.4) is 0 Å². The van der Waals surface area contributed by atoms with Crippen LogP contribution in [0.1, 0.15) is 28.9 Å². The molecule has 1 fully saturated rings. The lowest BCUT2D eigenvalue weighted by Gasteiger charge is -2.07. The first-order valence-corrected chi connectivity index (χ1v) is 9.76. The van der Waals surface area contributed by atoms with Gasteiger partial charge in [-0.15, -0.1) is 11.3 Å². The highest BCUT2D eigenvalue weighted by Gasteiger charge is 2.29. The zero-order valence-electron chi connectivity index (χ0n) is 14.6. The molecule has 2 aromatic carbocycles. The average Bonchev–Trinajstić information content (AvgIpc) is 3.44. The van der Waals surface area contributed by atoms with Gasteiger partial charge < -0.3 is 10.6 Å². The van der Waals surface area contributed by atoms with Crippen LogP contribution in [0.4, 0.5) is 5.69 Å². The number of rotatable bonds is 6. The fourth-order valence-corrected chi connectivity index (χ4v) is 3.47. The molecule has 0 saturated heterocycles. The summed E-state index contributed by atoms with van der Waals surface area (Å²) < 4.78 is 0. The molecule has 5 nitrogen and oxygen atoms in total. The van der Waals surface area contributed by atoms with Crippen LogP contribution >= 0.6 is 11.3 Å². The SMILES string of the molecule is O=C(NCc1ccc(NC(=O)C2CC2)cc1)c1csc(-c2ccccc2)n1. The summed E-state index contributed by atoms with van der Waals surface area (Å²) in [4.78, 5) is 28.5. The van der Waals surface area contributed by atoms with Crippen LogP contribution in [0.2, 0.25) is 0 Å². The van der Waals surface area contributed by atoms with Crippen molar-refractivity contribution in [1.82, 2.24) is 10.3 Å². The Labute approximate surface area is 161 Å². The van der Waals surface area contributed by atoms with E-state index >= 15 is 0 Å². The number of nitrogens with one attached hydrogen (secondary N) is 2. The molecule has 0 bridgehead atoms. The molecule has 1 saturated carbocycles. The Bertz CT molecular complexity index is 947. The first kappa shape index (κ1) is 17.4. The maximum atomic E-state index is 12.3. The lowest BCUT2D eigenvalue weighted by Crippen LogP contribution is -2.23. The molecular weight excluding hydrogens is 358 g/mol. The summed E-state index contributed by atoms with van der Waals surface area (Å²) in [6, 6.07) is 17.3. The summed E-state index contributed by atoms with van der Waals surface area (Å²) in [5.41, 5.74) is 3.18. The summed E-state index contributed by atoms with van der Waals surface area (Å²) >= 11 is 1.46. The average molecular weight is 377 g/mol. The van der Waals surface area contributed by atoms with E-state index < -0.39 is 0 Å². The molecule has 4 rings (SSSR count). The minimum Gasteiger partial charge on any atom is -0.347 e. The topological polar surface area (TPSA) is 71.1 Å². The highest BCUT2D eigenvalue weighted by molar-refractivity contribution is 7.13. The molecular formula is C21H19N3O2S. The van der Waals surface area contributed by atoms with Gasteiger partial charge in [-0.3, -0.25) is 9.59 Å². The molecule has 6 heteroatoms. The maximum Gasteiger partial charge on any atom is 0.271 e. The second kappa shape index (κ2) is 7.72. The Hall–Kier alpha value is -2.99. The van der Waals surface area contributed by atoms with Gasteiger partial charge in [0.25, 0.3) is 5.91 Å². The number of amides is 2. The summed E-state index contributed by atoms with van der Waals surface area (Å²) in [7, 11) is 0. The van der Waals surface area contributed by atoms with Gasteiger partial charge in [0, 0.05) is 29.1 Å². The fraction of sp³-hybridized carbons (Fsp3) is 0.190. The van der Waals surface area contributed by atoms with Crippen molar-refractivity contribution >= 4 is 28.8 Å². The van der Waals surface area contributed by atoms with Gasteiger partial charge in [0.1, 0.15) is 10.7 Å². The van der Waals surface area contributed by atoms with E-state index in [0.29, 0.717) is 12.2 Å². The zero-order valence-corrected chi connectivity index (χ0v) is 15.5. The molecule has 1 aliphatic rings. The molecule has 3 aromatic rings. The van der Waals surface area contributed by atoms with Crippen LogP contribution < -0.4 is 10.6 Å². The number of carbonyl (C=O) groups excluding carboxylic acids is 2. The van der Waals surface area contributed by atoms with Crippen molar-refractivity contribution in [2.45, 2.75) is 19.4 Å². The van der Waals surface area contributed by atoms with Crippen LogP contribution in [-0.2, 0) is 11.3 Å². The van der Waals surface area contributed by atoms with Crippen molar-refractivity contribution in [3.63, 3.8) is 0 Å². The van der Waals surface area contributed by atoms with Gasteiger partial charge in [-0.25, -0.2) is 4.98 Å². The van der Waals surface area contributed by atoms with E-state index in [9.17, 15) is 9.59 Å². The van der Waals surface area contributed by atoms with Gasteiger partial charge >= 0.3 is 0 Å². The van der Waals surface area contributed by atoms with E-state index in [-0.39, 0.29) is 17.7 Å². The fourth-order valence-electron chi connectivity index (χ4n) is 2.66. The van der Waals surface area contributed by atoms with E-state index in [1.54, 1.807) is 5.38 Å². The normalized spacial score (nSPS) is 13.2. The summed E-state index contributed by atoms with van der Waals surface area (Å²) in [6.07, 6.45) is 1.97. The third-order valence-corrected chi connectivity index (χ3v) is 5.27. The Morgan fingerprint density at radius 3 is 2.48 bits per heavy atom. The third kappa shape index (κ3) is 4.41. The van der Waals surface area contributed by atoms with Crippen LogP contribution in [0, 0.1) is 5.92 Å². The summed E-state index contributed by atoms with van der Waals surface area (Å²) in [5.74, 6) is 0.0798. The highest BCUT2D eigenvalue weighted by atomic mass is 32.1. The van der Waals surface area contributed by atoms with Gasteiger partial charge in [0.2, 0.25) is 5.91 Å². The number of carbonyl (C=O) groups is 2. The minimum absolute atomic E-state index is 0.0915. The number of thiazole rings is 1. The first-order valence-electron chi connectivity index (χ1n) is 8.88. The molecule has 1 aromatic heterocycles. The largest absolute Gasteiger partial charge is 0.347 e. The maximum absolute atomic E-state index is 12.3. The molecule has 2 amide bonds. The Morgan fingerprint density at radius 1 is 1.04 bits per heavy atom. The molecule has 2 N–H and O–H groups in total. The Balaban J connectivity index is 1.32. The van der Waals surface area contributed by atoms with Crippen molar-refractivity contribution in [1.29, 1.82) is 0 Å². The monoisotopic (exact) mass is 377 g/mol. The number of hydrogen-bond donors (Lipinski definition) is 2. The highest BCUT2D eigenvalue weighted by Crippen LogP contribution is 2.30. The third-order valence-electron chi connectivity index (χ3n) is 4.38. The Kier molecular flexibility index (Phi) is 4.98. The predicted octanol–water partition coefficient (Wildman–Crippen LogP) is 4.09. The molecule has 0 aliphatic heterocycles. The Morgan fingerprint density at radius 2 is 1.78 bits per heavy atom. The number of anilines is 1. The molecule has 1 aliphatic carbocycles. The van der Waals surface area contributed by atoms with E-state index in [0.717, 1.165) is 34.7 Å². The van der Waals surface area contributed by atoms with Gasteiger partial charge in [-0.1, -0.05) is 42.5 Å². The number of aromatic nitrogens is 1. The van der Waals surface area contributed by atoms with Crippen molar-refractivity contribution < 1.29 is 9.59 Å². The molecule has 136 valence electrons. The van der Waals surface area contributed by atoms with Crippen LogP contribution in [0.15, 0.2) is 60.0 Å². The molecule has 0 spiro atoms. The van der Waals surface area contributed by atoms with Gasteiger partial charge in [0.05, 0.1) is 0 Å². The van der Waals surface area contributed by atoms with Crippen LogP contribution in [0.5, 0.6) is 0 Å². The smallest absolute Gasteiger partial charge is 0.271 e. The molecule has 0 radical (unpaired) electrons. The zero-order chi connectivity index (χ0) is 18.6. The van der Waals surface area contributed by atoms with E-state index in [1.807, 2.05) is 54.6 Å². The summed E-state index contributed by atoms with van der Waals surface area (Å²) in [5, 5.41) is 8.39. The van der Waals surface area contributed by atoms with Gasteiger partial charge in [-0.2, -0.15) is 0 Å². The quantitative estimate of drug-likeness (QED) is 0.680. The van der Waals surface area contributed by atoms with E-state index in [1.165, 1.54) is 11.3 Å². The lowest BCUT2D eigenvalue weighted by molar-refractivity contribution is -0.117. The minimum atomic E-state index is -0.195. The van der Waals surface area contributed by atoms with Crippen molar-refractivity contribution in [2.75, 3.05) is 5.32 Å². The molecule has 27 heavy (non-hydrogen) atoms. The summed E-state index contributed by atoms with van der Waals surface area (Å²) in [6.45, 7) is 0.411. The second-order valence-electron chi connectivity index (χ2n) is 6.55. The molecule has 0 unspecified atom stereocenters. The van der Waals surface area contributed by atoms with Crippen molar-refractivity contribution in [3.05, 3.63) is 71.2 Å². The number of benzene rings is 2. The van der Waals surface area contributed by atoms with Gasteiger partial charge in [0.15, 0.2) is 0 Å². The number of hydrogen-bond acceptors (Lipinski definition) is 4. The van der Waals surface area contributed by atoms with Crippen LogP contribution in [0.25, 0.3) is 10.6 Å². The predicted molar refractivity (Wildman–Crippen MR) is 107 cm³/mol. The first-order chi connectivity index (χ1) is 13.2.